The maximum Gasteiger partial charge on any atom is 0.191 e. The van der Waals surface area contributed by atoms with Crippen molar-refractivity contribution < 1.29 is 4.74 Å². The summed E-state index contributed by atoms with van der Waals surface area (Å²) in [6.45, 7) is 7.70. The summed E-state index contributed by atoms with van der Waals surface area (Å²) in [4.78, 5) is 4.11. The molecule has 4 heteroatoms. The van der Waals surface area contributed by atoms with Crippen molar-refractivity contribution in [2.45, 2.75) is 26.9 Å². The summed E-state index contributed by atoms with van der Waals surface area (Å²) < 4.78 is 5.87. The van der Waals surface area contributed by atoms with Gasteiger partial charge < -0.3 is 15.4 Å². The predicted octanol–water partition coefficient (Wildman–Crippen LogP) is 1.95. The van der Waals surface area contributed by atoms with Crippen LogP contribution in [0, 0.1) is 6.92 Å². The van der Waals surface area contributed by atoms with Gasteiger partial charge in [-0.15, -0.1) is 0 Å². The van der Waals surface area contributed by atoms with E-state index < -0.39 is 0 Å². The molecule has 1 unspecified atom stereocenters. The number of benzene rings is 1. The number of rotatable bonds is 5. The molecule has 0 aromatic heterocycles. The fourth-order valence-electron chi connectivity index (χ4n) is 1.58. The zero-order valence-electron chi connectivity index (χ0n) is 11.7. The van der Waals surface area contributed by atoms with Gasteiger partial charge in [0.1, 0.15) is 11.9 Å². The molecule has 0 spiro atoms. The Morgan fingerprint density at radius 2 is 2.06 bits per heavy atom. The molecule has 0 amide bonds. The molecule has 4 nitrogen and oxygen atoms in total. The molecule has 100 valence electrons. The molecule has 0 radical (unpaired) electrons. The van der Waals surface area contributed by atoms with E-state index in [0.29, 0.717) is 6.54 Å². The van der Waals surface area contributed by atoms with Gasteiger partial charge in [-0.05, 0) is 32.4 Å². The minimum Gasteiger partial charge on any atom is -0.489 e. The second-order valence-corrected chi connectivity index (χ2v) is 4.18. The van der Waals surface area contributed by atoms with Gasteiger partial charge in [-0.3, -0.25) is 4.99 Å². The van der Waals surface area contributed by atoms with Crippen LogP contribution < -0.4 is 15.4 Å². The molecule has 0 aliphatic rings. The Hall–Kier alpha value is -1.71. The lowest BCUT2D eigenvalue weighted by Gasteiger charge is -2.18. The minimum atomic E-state index is 0.0847. The lowest BCUT2D eigenvalue weighted by atomic mass is 10.2. The van der Waals surface area contributed by atoms with Gasteiger partial charge in [0.2, 0.25) is 0 Å². The second-order valence-electron chi connectivity index (χ2n) is 4.18. The molecule has 0 saturated heterocycles. The molecule has 0 heterocycles. The van der Waals surface area contributed by atoms with Gasteiger partial charge in [-0.25, -0.2) is 0 Å². The average molecular weight is 249 g/mol. The fourth-order valence-corrected chi connectivity index (χ4v) is 1.58. The van der Waals surface area contributed by atoms with Crippen LogP contribution in [-0.4, -0.2) is 32.2 Å². The molecule has 1 atom stereocenters. The summed E-state index contributed by atoms with van der Waals surface area (Å²) in [6.07, 6.45) is 0.0847. The van der Waals surface area contributed by atoms with Crippen LogP contribution in [-0.2, 0) is 0 Å². The Morgan fingerprint density at radius 3 is 2.67 bits per heavy atom. The van der Waals surface area contributed by atoms with Crippen molar-refractivity contribution in [3.05, 3.63) is 29.8 Å². The molecule has 0 aliphatic heterocycles. The van der Waals surface area contributed by atoms with E-state index in [-0.39, 0.29) is 6.10 Å². The van der Waals surface area contributed by atoms with E-state index in [2.05, 4.69) is 15.6 Å². The zero-order valence-corrected chi connectivity index (χ0v) is 11.7. The van der Waals surface area contributed by atoms with Crippen LogP contribution >= 0.6 is 0 Å². The van der Waals surface area contributed by atoms with Crippen molar-refractivity contribution in [1.29, 1.82) is 0 Å². The summed E-state index contributed by atoms with van der Waals surface area (Å²) in [5.74, 6) is 1.74. The van der Waals surface area contributed by atoms with Gasteiger partial charge in [0.25, 0.3) is 0 Å². The number of hydrogen-bond donors (Lipinski definition) is 2. The first-order valence-electron chi connectivity index (χ1n) is 6.34. The Morgan fingerprint density at radius 1 is 1.33 bits per heavy atom. The molecule has 2 N–H and O–H groups in total. The van der Waals surface area contributed by atoms with Gasteiger partial charge >= 0.3 is 0 Å². The number of hydrogen-bond acceptors (Lipinski definition) is 2. The molecular formula is C14H23N3O. The Bertz CT molecular complexity index is 390. The van der Waals surface area contributed by atoms with Crippen LogP contribution in [0.15, 0.2) is 29.3 Å². The summed E-state index contributed by atoms with van der Waals surface area (Å²) in [7, 11) is 1.76. The topological polar surface area (TPSA) is 45.7 Å². The van der Waals surface area contributed by atoms with Gasteiger partial charge in [0, 0.05) is 13.6 Å². The van der Waals surface area contributed by atoms with Gasteiger partial charge in [-0.2, -0.15) is 0 Å². The van der Waals surface area contributed by atoms with Gasteiger partial charge in [-0.1, -0.05) is 18.2 Å². The highest BCUT2D eigenvalue weighted by Gasteiger charge is 2.06. The Labute approximate surface area is 109 Å². The van der Waals surface area contributed by atoms with Crippen LogP contribution in [0.1, 0.15) is 19.4 Å². The number of guanidine groups is 1. The van der Waals surface area contributed by atoms with Gasteiger partial charge in [0.05, 0.1) is 6.54 Å². The van der Waals surface area contributed by atoms with E-state index in [4.69, 9.17) is 4.74 Å². The summed E-state index contributed by atoms with van der Waals surface area (Å²) in [6, 6.07) is 8.04. The second kappa shape index (κ2) is 7.58. The van der Waals surface area contributed by atoms with Crippen molar-refractivity contribution >= 4 is 5.96 Å². The highest BCUT2D eigenvalue weighted by atomic mass is 16.5. The third kappa shape index (κ3) is 4.65. The van der Waals surface area contributed by atoms with E-state index in [0.717, 1.165) is 23.8 Å². The number of nitrogens with zero attached hydrogens (tertiary/aromatic N) is 1. The van der Waals surface area contributed by atoms with Crippen molar-refractivity contribution in [3.63, 3.8) is 0 Å². The Kier molecular flexibility index (Phi) is 6.05. The predicted molar refractivity (Wildman–Crippen MR) is 76.3 cm³/mol. The molecule has 1 rings (SSSR count). The number of ether oxygens (including phenoxy) is 1. The summed E-state index contributed by atoms with van der Waals surface area (Å²) in [5.41, 5.74) is 1.15. The fraction of sp³-hybridized carbons (Fsp3) is 0.500. The molecular weight excluding hydrogens is 226 g/mol. The normalized spacial score (nSPS) is 13.0. The molecule has 0 saturated carbocycles. The van der Waals surface area contributed by atoms with Crippen LogP contribution in [0.3, 0.4) is 0 Å². The summed E-state index contributed by atoms with van der Waals surface area (Å²) >= 11 is 0. The first-order chi connectivity index (χ1) is 8.67. The zero-order chi connectivity index (χ0) is 13.4. The van der Waals surface area contributed by atoms with E-state index in [9.17, 15) is 0 Å². The molecule has 1 aromatic carbocycles. The van der Waals surface area contributed by atoms with E-state index >= 15 is 0 Å². The lowest BCUT2D eigenvalue weighted by Crippen LogP contribution is -2.41. The standard InChI is InChI=1S/C14H23N3O/c1-5-16-14(15-4)17-10-12(3)18-13-9-7-6-8-11(13)2/h6-9,12H,5,10H2,1-4H3,(H2,15,16,17). The van der Waals surface area contributed by atoms with Crippen molar-refractivity contribution in [3.8, 4) is 5.75 Å². The number of para-hydroxylation sites is 1. The largest absolute Gasteiger partial charge is 0.489 e. The molecule has 0 aliphatic carbocycles. The minimum absolute atomic E-state index is 0.0847. The van der Waals surface area contributed by atoms with Crippen LogP contribution in [0.2, 0.25) is 0 Å². The third-order valence-corrected chi connectivity index (χ3v) is 2.55. The monoisotopic (exact) mass is 249 g/mol. The number of aliphatic imine (C=N–C) groups is 1. The van der Waals surface area contributed by atoms with Crippen molar-refractivity contribution in [1.82, 2.24) is 10.6 Å². The maximum atomic E-state index is 5.87. The molecule has 0 bridgehead atoms. The van der Waals surface area contributed by atoms with E-state index in [1.807, 2.05) is 45.0 Å². The first-order valence-corrected chi connectivity index (χ1v) is 6.34. The van der Waals surface area contributed by atoms with Gasteiger partial charge in [0.15, 0.2) is 5.96 Å². The van der Waals surface area contributed by atoms with Crippen LogP contribution in [0.4, 0.5) is 0 Å². The van der Waals surface area contributed by atoms with E-state index in [1.54, 1.807) is 7.05 Å². The first kappa shape index (κ1) is 14.4. The molecule has 18 heavy (non-hydrogen) atoms. The third-order valence-electron chi connectivity index (χ3n) is 2.55. The smallest absolute Gasteiger partial charge is 0.191 e. The summed E-state index contributed by atoms with van der Waals surface area (Å²) in [5, 5.41) is 6.37. The van der Waals surface area contributed by atoms with Crippen molar-refractivity contribution in [2.75, 3.05) is 20.1 Å². The number of nitrogens with one attached hydrogen (secondary N) is 2. The maximum absolute atomic E-state index is 5.87. The van der Waals surface area contributed by atoms with Crippen LogP contribution in [0.5, 0.6) is 5.75 Å². The SMILES string of the molecule is CCNC(=NC)NCC(C)Oc1ccccc1C. The quantitative estimate of drug-likeness (QED) is 0.619. The molecule has 0 fully saturated rings. The molecule has 1 aromatic rings. The highest BCUT2D eigenvalue weighted by molar-refractivity contribution is 5.79. The highest BCUT2D eigenvalue weighted by Crippen LogP contribution is 2.17. The van der Waals surface area contributed by atoms with E-state index in [1.165, 1.54) is 0 Å². The van der Waals surface area contributed by atoms with Crippen molar-refractivity contribution in [2.24, 2.45) is 4.99 Å². The van der Waals surface area contributed by atoms with Crippen LogP contribution in [0.25, 0.3) is 0 Å². The number of aryl methyl sites for hydroxylation is 1. The lowest BCUT2D eigenvalue weighted by molar-refractivity contribution is 0.222. The Balaban J connectivity index is 2.42. The average Bonchev–Trinajstić information content (AvgIpc) is 2.37.